The second-order valence-electron chi connectivity index (χ2n) is 5.94. The molecule has 1 atom stereocenters. The topological polar surface area (TPSA) is 29.5 Å². The lowest BCUT2D eigenvalue weighted by Gasteiger charge is -2.32. The molecule has 1 heterocycles. The molecule has 1 saturated heterocycles. The zero-order valence-corrected chi connectivity index (χ0v) is 12.5. The first-order valence-corrected chi connectivity index (χ1v) is 7.55. The summed E-state index contributed by atoms with van der Waals surface area (Å²) in [7, 11) is 2.20. The third kappa shape index (κ3) is 4.34. The lowest BCUT2D eigenvalue weighted by atomic mass is 9.84. The Morgan fingerprint density at radius 1 is 1.30 bits per heavy atom. The fraction of sp³-hybridized carbons (Fsp3) is 0.588. The maximum absolute atomic E-state index is 10.6. The molecule has 0 radical (unpaired) electrons. The molecule has 0 N–H and O–H groups in total. The van der Waals surface area contributed by atoms with Crippen LogP contribution in [-0.4, -0.2) is 37.9 Å². The van der Waals surface area contributed by atoms with Crippen molar-refractivity contribution in [2.45, 2.75) is 26.2 Å². The van der Waals surface area contributed by atoms with Gasteiger partial charge in [-0.1, -0.05) is 6.92 Å². The minimum absolute atomic E-state index is 0.692. The fourth-order valence-electron chi connectivity index (χ4n) is 2.84. The van der Waals surface area contributed by atoms with Gasteiger partial charge < -0.3 is 9.64 Å². The average molecular weight is 275 g/mol. The van der Waals surface area contributed by atoms with E-state index in [1.807, 2.05) is 12.1 Å². The second-order valence-corrected chi connectivity index (χ2v) is 5.94. The summed E-state index contributed by atoms with van der Waals surface area (Å²) in [4.78, 5) is 13.0. The van der Waals surface area contributed by atoms with Crippen molar-refractivity contribution in [1.29, 1.82) is 0 Å². The molecule has 1 aliphatic heterocycles. The zero-order chi connectivity index (χ0) is 14.4. The van der Waals surface area contributed by atoms with Crippen molar-refractivity contribution < 1.29 is 9.53 Å². The largest absolute Gasteiger partial charge is 0.494 e. The summed E-state index contributed by atoms with van der Waals surface area (Å²) >= 11 is 0. The van der Waals surface area contributed by atoms with Crippen LogP contribution in [0.3, 0.4) is 0 Å². The Balaban J connectivity index is 1.70. The lowest BCUT2D eigenvalue weighted by molar-refractivity contribution is 0.112. The van der Waals surface area contributed by atoms with Crippen LogP contribution in [0.4, 0.5) is 0 Å². The van der Waals surface area contributed by atoms with Gasteiger partial charge in [0.05, 0.1) is 6.61 Å². The number of likely N-dealkylation sites (tertiary alicyclic amines) is 1. The molecule has 0 bridgehead atoms. The van der Waals surface area contributed by atoms with Gasteiger partial charge in [-0.15, -0.1) is 0 Å². The summed E-state index contributed by atoms with van der Waals surface area (Å²) in [6.45, 7) is 5.55. The average Bonchev–Trinajstić information content (AvgIpc) is 2.48. The van der Waals surface area contributed by atoms with Gasteiger partial charge in [0, 0.05) is 5.56 Å². The maximum Gasteiger partial charge on any atom is 0.150 e. The van der Waals surface area contributed by atoms with Crippen LogP contribution in [0.25, 0.3) is 0 Å². The Labute approximate surface area is 121 Å². The monoisotopic (exact) mass is 275 g/mol. The highest BCUT2D eigenvalue weighted by Crippen LogP contribution is 2.26. The number of aldehydes is 1. The Kier molecular flexibility index (Phi) is 5.60. The zero-order valence-electron chi connectivity index (χ0n) is 12.5. The summed E-state index contributed by atoms with van der Waals surface area (Å²) in [6.07, 6.45) is 4.58. The number of piperidine rings is 1. The van der Waals surface area contributed by atoms with Crippen LogP contribution in [0, 0.1) is 11.8 Å². The van der Waals surface area contributed by atoms with Crippen molar-refractivity contribution in [1.82, 2.24) is 4.90 Å². The van der Waals surface area contributed by atoms with Crippen LogP contribution in [0.15, 0.2) is 24.3 Å². The fourth-order valence-corrected chi connectivity index (χ4v) is 2.84. The van der Waals surface area contributed by atoms with E-state index in [0.717, 1.165) is 36.9 Å². The SMILES string of the molecule is CC(CCOc1ccc(C=O)cc1)C1CCN(C)CC1. The molecular weight excluding hydrogens is 250 g/mol. The Hall–Kier alpha value is -1.35. The third-order valence-corrected chi connectivity index (χ3v) is 4.43. The van der Waals surface area contributed by atoms with Crippen LogP contribution >= 0.6 is 0 Å². The van der Waals surface area contributed by atoms with Gasteiger partial charge >= 0.3 is 0 Å². The minimum atomic E-state index is 0.692. The predicted octanol–water partition coefficient (Wildman–Crippen LogP) is 3.25. The smallest absolute Gasteiger partial charge is 0.150 e. The van der Waals surface area contributed by atoms with E-state index in [4.69, 9.17) is 4.74 Å². The number of carbonyl (C=O) groups is 1. The highest BCUT2D eigenvalue weighted by atomic mass is 16.5. The molecule has 1 aromatic carbocycles. The minimum Gasteiger partial charge on any atom is -0.494 e. The molecular formula is C17H25NO2. The first-order valence-electron chi connectivity index (χ1n) is 7.55. The van der Waals surface area contributed by atoms with E-state index in [0.29, 0.717) is 5.56 Å². The Morgan fingerprint density at radius 3 is 2.55 bits per heavy atom. The van der Waals surface area contributed by atoms with E-state index in [1.165, 1.54) is 25.9 Å². The summed E-state index contributed by atoms with van der Waals surface area (Å²) in [5.74, 6) is 2.41. The van der Waals surface area contributed by atoms with Crippen molar-refractivity contribution in [2.75, 3.05) is 26.7 Å². The van der Waals surface area contributed by atoms with Gasteiger partial charge in [0.1, 0.15) is 12.0 Å². The van der Waals surface area contributed by atoms with E-state index in [2.05, 4.69) is 18.9 Å². The summed E-state index contributed by atoms with van der Waals surface area (Å²) in [6, 6.07) is 7.32. The number of hydrogen-bond acceptors (Lipinski definition) is 3. The molecule has 3 heteroatoms. The van der Waals surface area contributed by atoms with Crippen LogP contribution < -0.4 is 4.74 Å². The molecule has 20 heavy (non-hydrogen) atoms. The third-order valence-electron chi connectivity index (χ3n) is 4.43. The molecule has 3 nitrogen and oxygen atoms in total. The van der Waals surface area contributed by atoms with Crippen molar-refractivity contribution in [2.24, 2.45) is 11.8 Å². The molecule has 1 fully saturated rings. The number of rotatable bonds is 6. The van der Waals surface area contributed by atoms with Crippen molar-refractivity contribution in [3.63, 3.8) is 0 Å². The normalized spacial score (nSPS) is 18.7. The van der Waals surface area contributed by atoms with Crippen LogP contribution in [-0.2, 0) is 0 Å². The standard InChI is InChI=1S/C17H25NO2/c1-14(16-7-10-18(2)11-8-16)9-12-20-17-5-3-15(13-19)4-6-17/h3-6,13-14,16H,7-12H2,1-2H3. The van der Waals surface area contributed by atoms with Crippen LogP contribution in [0.2, 0.25) is 0 Å². The van der Waals surface area contributed by atoms with Gasteiger partial charge in [0.15, 0.2) is 0 Å². The molecule has 0 spiro atoms. The van der Waals surface area contributed by atoms with Gasteiger partial charge in [-0.25, -0.2) is 0 Å². The number of nitrogens with zero attached hydrogens (tertiary/aromatic N) is 1. The van der Waals surface area contributed by atoms with E-state index in [9.17, 15) is 4.79 Å². The van der Waals surface area contributed by atoms with Gasteiger partial charge in [-0.05, 0) is 75.5 Å². The summed E-state index contributed by atoms with van der Waals surface area (Å²) in [5, 5.41) is 0. The highest BCUT2D eigenvalue weighted by Gasteiger charge is 2.21. The number of ether oxygens (including phenoxy) is 1. The van der Waals surface area contributed by atoms with E-state index in [1.54, 1.807) is 12.1 Å². The second kappa shape index (κ2) is 7.44. The Bertz CT molecular complexity index is 408. The van der Waals surface area contributed by atoms with Crippen molar-refractivity contribution >= 4 is 6.29 Å². The first kappa shape index (κ1) is 15.0. The maximum atomic E-state index is 10.6. The molecule has 0 aliphatic carbocycles. The van der Waals surface area contributed by atoms with Crippen molar-refractivity contribution in [3.05, 3.63) is 29.8 Å². The van der Waals surface area contributed by atoms with Crippen LogP contribution in [0.1, 0.15) is 36.5 Å². The molecule has 1 unspecified atom stereocenters. The van der Waals surface area contributed by atoms with Crippen molar-refractivity contribution in [3.8, 4) is 5.75 Å². The molecule has 0 saturated carbocycles. The van der Waals surface area contributed by atoms with E-state index in [-0.39, 0.29) is 0 Å². The predicted molar refractivity (Wildman–Crippen MR) is 81.3 cm³/mol. The van der Waals surface area contributed by atoms with Gasteiger partial charge in [0.25, 0.3) is 0 Å². The van der Waals surface area contributed by atoms with Gasteiger partial charge in [-0.3, -0.25) is 4.79 Å². The molecule has 0 amide bonds. The number of benzene rings is 1. The molecule has 1 aromatic rings. The molecule has 2 rings (SSSR count). The highest BCUT2D eigenvalue weighted by molar-refractivity contribution is 5.74. The van der Waals surface area contributed by atoms with E-state index >= 15 is 0 Å². The van der Waals surface area contributed by atoms with E-state index < -0.39 is 0 Å². The first-order chi connectivity index (χ1) is 9.69. The van der Waals surface area contributed by atoms with Gasteiger partial charge in [-0.2, -0.15) is 0 Å². The quantitative estimate of drug-likeness (QED) is 0.746. The lowest BCUT2D eigenvalue weighted by Crippen LogP contribution is -2.33. The summed E-state index contributed by atoms with van der Waals surface area (Å²) in [5.41, 5.74) is 0.692. The number of carbonyl (C=O) groups excluding carboxylic acids is 1. The summed E-state index contributed by atoms with van der Waals surface area (Å²) < 4.78 is 5.76. The van der Waals surface area contributed by atoms with Gasteiger partial charge in [0.2, 0.25) is 0 Å². The Morgan fingerprint density at radius 2 is 1.95 bits per heavy atom. The molecule has 1 aliphatic rings. The molecule has 0 aromatic heterocycles. The number of hydrogen-bond donors (Lipinski definition) is 0. The van der Waals surface area contributed by atoms with Crippen LogP contribution in [0.5, 0.6) is 5.75 Å². The molecule has 110 valence electrons.